The van der Waals surface area contributed by atoms with Gasteiger partial charge >= 0.3 is 0 Å². The Kier molecular flexibility index (Phi) is 5.80. The van der Waals surface area contributed by atoms with Crippen LogP contribution in [0.2, 0.25) is 0 Å². The van der Waals surface area contributed by atoms with Crippen LogP contribution in [-0.2, 0) is 0 Å². The van der Waals surface area contributed by atoms with Crippen molar-refractivity contribution < 1.29 is 9.47 Å². The van der Waals surface area contributed by atoms with E-state index in [1.807, 2.05) is 0 Å². The van der Waals surface area contributed by atoms with Gasteiger partial charge in [-0.3, -0.25) is 0 Å². The van der Waals surface area contributed by atoms with Gasteiger partial charge < -0.3 is 9.47 Å². The second-order valence-corrected chi connectivity index (χ2v) is 8.85. The van der Waals surface area contributed by atoms with Crippen LogP contribution >= 0.6 is 0 Å². The van der Waals surface area contributed by atoms with Crippen LogP contribution in [0.3, 0.4) is 0 Å². The van der Waals surface area contributed by atoms with E-state index in [0.717, 1.165) is 17.4 Å². The van der Waals surface area contributed by atoms with Gasteiger partial charge in [0.15, 0.2) is 0 Å². The minimum Gasteiger partial charge on any atom is -0.493 e. The second kappa shape index (κ2) is 9.01. The zero-order valence-electron chi connectivity index (χ0n) is 18.2. The topological polar surface area (TPSA) is 18.5 Å². The summed E-state index contributed by atoms with van der Waals surface area (Å²) < 4.78 is 12.6. The van der Waals surface area contributed by atoms with Crippen molar-refractivity contribution in [2.75, 3.05) is 13.2 Å². The van der Waals surface area contributed by atoms with Crippen molar-refractivity contribution in [1.82, 2.24) is 0 Å². The average molecular weight is 411 g/mol. The molecule has 0 spiro atoms. The van der Waals surface area contributed by atoms with Gasteiger partial charge in [0.2, 0.25) is 0 Å². The van der Waals surface area contributed by atoms with Crippen LogP contribution in [-0.4, -0.2) is 13.2 Å². The van der Waals surface area contributed by atoms with E-state index >= 15 is 0 Å². The quantitative estimate of drug-likeness (QED) is 0.284. The van der Waals surface area contributed by atoms with E-state index < -0.39 is 0 Å². The summed E-state index contributed by atoms with van der Waals surface area (Å²) in [5, 5.41) is 4.94. The Labute approximate surface area is 184 Å². The van der Waals surface area contributed by atoms with E-state index in [0.29, 0.717) is 25.0 Å². The van der Waals surface area contributed by atoms with E-state index in [9.17, 15) is 0 Å². The fraction of sp³-hybridized carbons (Fsp3) is 0.310. The molecule has 31 heavy (non-hydrogen) atoms. The lowest BCUT2D eigenvalue weighted by atomic mass is 10.0. The number of fused-ring (bicyclic) bond motifs is 2. The SMILES string of the molecule is CCCC1CC1C(COc1ccc2ccccc2c1)COc1ccc2ccccc2c1. The normalized spacial score (nSPS) is 17.9. The number of rotatable bonds is 9. The minimum atomic E-state index is 0.412. The van der Waals surface area contributed by atoms with Crippen LogP contribution in [0.15, 0.2) is 84.9 Å². The van der Waals surface area contributed by atoms with Crippen LogP contribution in [0.1, 0.15) is 26.2 Å². The van der Waals surface area contributed by atoms with Crippen LogP contribution < -0.4 is 9.47 Å². The number of benzene rings is 4. The zero-order chi connectivity index (χ0) is 21.0. The van der Waals surface area contributed by atoms with E-state index in [4.69, 9.17) is 9.47 Å². The lowest BCUT2D eigenvalue weighted by Gasteiger charge is -2.19. The number of ether oxygens (including phenoxy) is 2. The molecule has 0 saturated heterocycles. The highest BCUT2D eigenvalue weighted by molar-refractivity contribution is 5.84. The van der Waals surface area contributed by atoms with E-state index in [2.05, 4.69) is 91.9 Å². The van der Waals surface area contributed by atoms with Gasteiger partial charge in [0.25, 0.3) is 0 Å². The Morgan fingerprint density at radius 1 is 0.710 bits per heavy atom. The fourth-order valence-electron chi connectivity index (χ4n) is 4.77. The molecule has 1 aliphatic rings. The van der Waals surface area contributed by atoms with Gasteiger partial charge in [-0.15, -0.1) is 0 Å². The van der Waals surface area contributed by atoms with Gasteiger partial charge in [-0.2, -0.15) is 0 Å². The lowest BCUT2D eigenvalue weighted by Crippen LogP contribution is -2.22. The van der Waals surface area contributed by atoms with Crippen molar-refractivity contribution in [3.8, 4) is 11.5 Å². The molecule has 158 valence electrons. The molecule has 5 rings (SSSR count). The molecule has 0 bridgehead atoms. The highest BCUT2D eigenvalue weighted by atomic mass is 16.5. The van der Waals surface area contributed by atoms with Crippen LogP contribution in [0.5, 0.6) is 11.5 Å². The first-order chi connectivity index (χ1) is 15.3. The molecule has 0 amide bonds. The predicted molar refractivity (Wildman–Crippen MR) is 129 cm³/mol. The largest absolute Gasteiger partial charge is 0.493 e. The minimum absolute atomic E-state index is 0.412. The third-order valence-corrected chi connectivity index (χ3v) is 6.61. The molecule has 4 aromatic rings. The molecule has 0 radical (unpaired) electrons. The first kappa shape index (κ1) is 19.9. The summed E-state index contributed by atoms with van der Waals surface area (Å²) in [4.78, 5) is 0. The maximum atomic E-state index is 6.28. The van der Waals surface area contributed by atoms with Gasteiger partial charge in [-0.05, 0) is 64.1 Å². The number of hydrogen-bond acceptors (Lipinski definition) is 2. The van der Waals surface area contributed by atoms with Crippen molar-refractivity contribution in [3.05, 3.63) is 84.9 Å². The summed E-state index contributed by atoms with van der Waals surface area (Å²) in [6.45, 7) is 3.69. The molecule has 1 fully saturated rings. The molecule has 2 unspecified atom stereocenters. The monoisotopic (exact) mass is 410 g/mol. The first-order valence-electron chi connectivity index (χ1n) is 11.5. The van der Waals surface area contributed by atoms with Crippen LogP contribution in [0.25, 0.3) is 21.5 Å². The predicted octanol–water partition coefficient (Wildman–Crippen LogP) is 7.50. The highest BCUT2D eigenvalue weighted by Gasteiger charge is 2.42. The molecule has 0 heterocycles. The van der Waals surface area contributed by atoms with Gasteiger partial charge in [-0.1, -0.05) is 80.4 Å². The Balaban J connectivity index is 1.27. The van der Waals surface area contributed by atoms with E-state index in [-0.39, 0.29) is 0 Å². The second-order valence-electron chi connectivity index (χ2n) is 8.85. The zero-order valence-corrected chi connectivity index (χ0v) is 18.2. The maximum Gasteiger partial charge on any atom is 0.119 e. The third kappa shape index (κ3) is 4.69. The van der Waals surface area contributed by atoms with E-state index in [1.54, 1.807) is 0 Å². The number of hydrogen-bond donors (Lipinski definition) is 0. The Hall–Kier alpha value is -3.00. The fourth-order valence-corrected chi connectivity index (χ4v) is 4.77. The summed E-state index contributed by atoms with van der Waals surface area (Å²) in [6, 6.07) is 29.6. The smallest absolute Gasteiger partial charge is 0.119 e. The first-order valence-corrected chi connectivity index (χ1v) is 11.5. The molecule has 1 aliphatic carbocycles. The average Bonchev–Trinajstić information content (AvgIpc) is 3.58. The summed E-state index contributed by atoms with van der Waals surface area (Å²) in [5.74, 6) is 3.84. The summed E-state index contributed by atoms with van der Waals surface area (Å²) in [5.41, 5.74) is 0. The molecule has 0 N–H and O–H groups in total. The molecule has 2 atom stereocenters. The third-order valence-electron chi connectivity index (χ3n) is 6.61. The molecular formula is C29H30O2. The highest BCUT2D eigenvalue weighted by Crippen LogP contribution is 2.47. The molecular weight excluding hydrogens is 380 g/mol. The van der Waals surface area contributed by atoms with Crippen molar-refractivity contribution >= 4 is 21.5 Å². The summed E-state index contributed by atoms with van der Waals surface area (Å²) in [6.07, 6.45) is 3.87. The summed E-state index contributed by atoms with van der Waals surface area (Å²) >= 11 is 0. The Morgan fingerprint density at radius 2 is 1.23 bits per heavy atom. The van der Waals surface area contributed by atoms with Crippen molar-refractivity contribution in [2.45, 2.75) is 26.2 Å². The molecule has 0 aromatic heterocycles. The van der Waals surface area contributed by atoms with E-state index in [1.165, 1.54) is 40.8 Å². The molecule has 2 nitrogen and oxygen atoms in total. The van der Waals surface area contributed by atoms with Crippen LogP contribution in [0.4, 0.5) is 0 Å². The summed E-state index contributed by atoms with van der Waals surface area (Å²) in [7, 11) is 0. The molecule has 1 saturated carbocycles. The molecule has 4 aromatic carbocycles. The standard InChI is InChI=1S/C29H30O2/c1-2-7-25-18-29(25)26(19-30-27-14-12-21-8-3-5-10-23(21)16-27)20-31-28-15-13-22-9-4-6-11-24(22)17-28/h3-6,8-17,25-26,29H,2,7,18-20H2,1H3. The van der Waals surface area contributed by atoms with Crippen molar-refractivity contribution in [3.63, 3.8) is 0 Å². The van der Waals surface area contributed by atoms with Crippen molar-refractivity contribution in [1.29, 1.82) is 0 Å². The van der Waals surface area contributed by atoms with Crippen molar-refractivity contribution in [2.24, 2.45) is 17.8 Å². The van der Waals surface area contributed by atoms with Gasteiger partial charge in [0, 0.05) is 5.92 Å². The maximum absolute atomic E-state index is 6.28. The Bertz CT molecular complexity index is 1080. The van der Waals surface area contributed by atoms with Gasteiger partial charge in [0.1, 0.15) is 11.5 Å². The van der Waals surface area contributed by atoms with Gasteiger partial charge in [-0.25, -0.2) is 0 Å². The molecule has 0 aliphatic heterocycles. The Morgan fingerprint density at radius 3 is 1.74 bits per heavy atom. The van der Waals surface area contributed by atoms with Crippen LogP contribution in [0, 0.1) is 17.8 Å². The lowest BCUT2D eigenvalue weighted by molar-refractivity contribution is 0.156. The molecule has 2 heteroatoms. The van der Waals surface area contributed by atoms with Gasteiger partial charge in [0.05, 0.1) is 13.2 Å².